The van der Waals surface area contributed by atoms with Gasteiger partial charge in [0, 0.05) is 6.42 Å². The Morgan fingerprint density at radius 1 is 0.938 bits per heavy atom. The van der Waals surface area contributed by atoms with E-state index in [1.807, 2.05) is 0 Å². The molecule has 3 heteroatoms. The van der Waals surface area contributed by atoms with E-state index in [0.717, 1.165) is 12.8 Å². The molecule has 94 valence electrons. The van der Waals surface area contributed by atoms with Crippen molar-refractivity contribution < 1.29 is 14.3 Å². The lowest BCUT2D eigenvalue weighted by molar-refractivity contribution is -0.151. The number of esters is 1. The van der Waals surface area contributed by atoms with Crippen LogP contribution >= 0.6 is 0 Å². The molecule has 0 aliphatic carbocycles. The van der Waals surface area contributed by atoms with Gasteiger partial charge in [-0.1, -0.05) is 58.3 Å². The van der Waals surface area contributed by atoms with Crippen LogP contribution in [0.5, 0.6) is 0 Å². The van der Waals surface area contributed by atoms with Gasteiger partial charge in [0.25, 0.3) is 0 Å². The Bertz CT molecular complexity index is 178. The van der Waals surface area contributed by atoms with Crippen LogP contribution in [0, 0.1) is 0 Å². The molecule has 0 rings (SSSR count). The molecule has 0 heterocycles. The summed E-state index contributed by atoms with van der Waals surface area (Å²) < 4.78 is 4.19. The number of hydrogen-bond donors (Lipinski definition) is 0. The van der Waals surface area contributed by atoms with Gasteiger partial charge < -0.3 is 4.74 Å². The van der Waals surface area contributed by atoms with E-state index in [1.54, 1.807) is 0 Å². The van der Waals surface area contributed by atoms with Crippen molar-refractivity contribution in [3.05, 3.63) is 0 Å². The molecular formula is C13H24O3. The van der Waals surface area contributed by atoms with Crippen LogP contribution in [0.3, 0.4) is 0 Å². The normalized spacial score (nSPS) is 10.1. The van der Waals surface area contributed by atoms with Crippen molar-refractivity contribution in [2.75, 3.05) is 0 Å². The highest BCUT2D eigenvalue weighted by atomic mass is 16.6. The molecule has 0 amide bonds. The first-order valence-corrected chi connectivity index (χ1v) is 6.44. The Morgan fingerprint density at radius 3 is 1.94 bits per heavy atom. The minimum absolute atomic E-state index is 0.204. The zero-order chi connectivity index (χ0) is 12.1. The highest BCUT2D eigenvalue weighted by Gasteiger charge is 2.00. The van der Waals surface area contributed by atoms with Crippen LogP contribution in [-0.2, 0) is 14.3 Å². The molecule has 0 atom stereocenters. The molecule has 0 fully saturated rings. The van der Waals surface area contributed by atoms with Gasteiger partial charge in [-0.15, -0.1) is 0 Å². The van der Waals surface area contributed by atoms with E-state index in [-0.39, 0.29) is 6.47 Å². The van der Waals surface area contributed by atoms with Crippen LogP contribution in [0.15, 0.2) is 0 Å². The third-order valence-electron chi connectivity index (χ3n) is 2.66. The second kappa shape index (κ2) is 12.2. The van der Waals surface area contributed by atoms with Gasteiger partial charge in [0.15, 0.2) is 0 Å². The fraction of sp³-hybridized carbons (Fsp3) is 0.846. The average molecular weight is 228 g/mol. The number of hydrogen-bond acceptors (Lipinski definition) is 3. The zero-order valence-electron chi connectivity index (χ0n) is 10.4. The maximum absolute atomic E-state index is 10.8. The van der Waals surface area contributed by atoms with Crippen molar-refractivity contribution in [1.29, 1.82) is 0 Å². The van der Waals surface area contributed by atoms with Gasteiger partial charge in [-0.25, -0.2) is 0 Å². The molecule has 0 aromatic heterocycles. The summed E-state index contributed by atoms with van der Waals surface area (Å²) in [5.74, 6) is -0.405. The molecule has 0 saturated heterocycles. The summed E-state index contributed by atoms with van der Waals surface area (Å²) in [6.45, 7) is 2.43. The van der Waals surface area contributed by atoms with Gasteiger partial charge in [-0.05, 0) is 6.42 Å². The molecule has 3 nitrogen and oxygen atoms in total. The van der Waals surface area contributed by atoms with Crippen molar-refractivity contribution in [3.63, 3.8) is 0 Å². The van der Waals surface area contributed by atoms with Gasteiger partial charge in [-0.2, -0.15) is 0 Å². The van der Waals surface area contributed by atoms with Crippen LogP contribution in [0.4, 0.5) is 0 Å². The smallest absolute Gasteiger partial charge is 0.313 e. The van der Waals surface area contributed by atoms with E-state index in [4.69, 9.17) is 0 Å². The summed E-state index contributed by atoms with van der Waals surface area (Å²) in [5.41, 5.74) is 0. The second-order valence-electron chi connectivity index (χ2n) is 4.16. The molecule has 0 saturated carbocycles. The van der Waals surface area contributed by atoms with Gasteiger partial charge >= 0.3 is 12.4 Å². The lowest BCUT2D eigenvalue weighted by atomic mass is 10.1. The molecule has 0 radical (unpaired) electrons. The molecule has 0 N–H and O–H groups in total. The first-order chi connectivity index (χ1) is 7.81. The van der Waals surface area contributed by atoms with Gasteiger partial charge in [0.1, 0.15) is 0 Å². The molecule has 0 aliphatic rings. The number of rotatable bonds is 11. The Labute approximate surface area is 98.6 Å². The topological polar surface area (TPSA) is 43.4 Å². The third-order valence-corrected chi connectivity index (χ3v) is 2.66. The summed E-state index contributed by atoms with van der Waals surface area (Å²) in [7, 11) is 0. The molecule has 0 bridgehead atoms. The Balaban J connectivity index is 3.03. The van der Waals surface area contributed by atoms with E-state index in [1.165, 1.54) is 44.9 Å². The SMILES string of the molecule is CCCCCCCCCCCC(=O)OC=O. The molecule has 0 aromatic rings. The van der Waals surface area contributed by atoms with Crippen molar-refractivity contribution in [2.24, 2.45) is 0 Å². The molecule has 0 aromatic carbocycles. The highest BCUT2D eigenvalue weighted by molar-refractivity contribution is 5.76. The second-order valence-corrected chi connectivity index (χ2v) is 4.16. The predicted octanol–water partition coefficient (Wildman–Crippen LogP) is 3.61. The van der Waals surface area contributed by atoms with Crippen LogP contribution in [0.2, 0.25) is 0 Å². The molecule has 0 aliphatic heterocycles. The number of carbonyl (C=O) groups is 2. The van der Waals surface area contributed by atoms with Crippen LogP contribution in [0.25, 0.3) is 0 Å². The van der Waals surface area contributed by atoms with Crippen molar-refractivity contribution >= 4 is 12.4 Å². The standard InChI is InChI=1S/C13H24O3/c1-2-3-4-5-6-7-8-9-10-11-13(15)16-12-14/h12H,2-11H2,1H3. The Morgan fingerprint density at radius 2 is 1.44 bits per heavy atom. The van der Waals surface area contributed by atoms with Gasteiger partial charge in [-0.3, -0.25) is 9.59 Å². The van der Waals surface area contributed by atoms with Gasteiger partial charge in [0.05, 0.1) is 0 Å². The third kappa shape index (κ3) is 11.2. The van der Waals surface area contributed by atoms with Crippen molar-refractivity contribution in [1.82, 2.24) is 0 Å². The molecular weight excluding hydrogens is 204 g/mol. The monoisotopic (exact) mass is 228 g/mol. The lowest BCUT2D eigenvalue weighted by Gasteiger charge is -2.01. The largest absolute Gasteiger partial charge is 0.395 e. The first-order valence-electron chi connectivity index (χ1n) is 6.44. The van der Waals surface area contributed by atoms with Gasteiger partial charge in [0.2, 0.25) is 0 Å². The number of carbonyl (C=O) groups excluding carboxylic acids is 2. The minimum atomic E-state index is -0.405. The van der Waals surface area contributed by atoms with Crippen LogP contribution in [0.1, 0.15) is 71.1 Å². The summed E-state index contributed by atoms with van der Waals surface area (Å²) in [4.78, 5) is 20.6. The fourth-order valence-electron chi connectivity index (χ4n) is 1.69. The van der Waals surface area contributed by atoms with E-state index in [0.29, 0.717) is 6.42 Å². The quantitative estimate of drug-likeness (QED) is 0.235. The fourth-order valence-corrected chi connectivity index (χ4v) is 1.69. The van der Waals surface area contributed by atoms with Crippen LogP contribution in [-0.4, -0.2) is 12.4 Å². The lowest BCUT2D eigenvalue weighted by Crippen LogP contribution is -2.01. The Hall–Kier alpha value is -0.860. The van der Waals surface area contributed by atoms with Crippen molar-refractivity contribution in [2.45, 2.75) is 71.1 Å². The Kier molecular flexibility index (Phi) is 11.6. The summed E-state index contributed by atoms with van der Waals surface area (Å²) in [6.07, 6.45) is 11.3. The molecule has 0 spiro atoms. The maximum atomic E-state index is 10.8. The summed E-state index contributed by atoms with van der Waals surface area (Å²) >= 11 is 0. The molecule has 16 heavy (non-hydrogen) atoms. The minimum Gasteiger partial charge on any atom is -0.395 e. The van der Waals surface area contributed by atoms with Crippen LogP contribution < -0.4 is 0 Å². The van der Waals surface area contributed by atoms with E-state index < -0.39 is 5.97 Å². The summed E-state index contributed by atoms with van der Waals surface area (Å²) in [5, 5.41) is 0. The van der Waals surface area contributed by atoms with E-state index >= 15 is 0 Å². The van der Waals surface area contributed by atoms with E-state index in [2.05, 4.69) is 11.7 Å². The van der Waals surface area contributed by atoms with E-state index in [9.17, 15) is 9.59 Å². The van der Waals surface area contributed by atoms with Crippen molar-refractivity contribution in [3.8, 4) is 0 Å². The average Bonchev–Trinajstić information content (AvgIpc) is 2.27. The number of ether oxygens (including phenoxy) is 1. The molecule has 0 unspecified atom stereocenters. The zero-order valence-corrected chi connectivity index (χ0v) is 10.4. The number of unbranched alkanes of at least 4 members (excludes halogenated alkanes) is 8. The summed E-state index contributed by atoms with van der Waals surface area (Å²) in [6, 6.07) is 0. The maximum Gasteiger partial charge on any atom is 0.313 e. The highest BCUT2D eigenvalue weighted by Crippen LogP contribution is 2.10. The first kappa shape index (κ1) is 15.1. The predicted molar refractivity (Wildman–Crippen MR) is 64.0 cm³/mol.